The highest BCUT2D eigenvalue weighted by Crippen LogP contribution is 2.47. The molecule has 0 saturated carbocycles. The van der Waals surface area contributed by atoms with Gasteiger partial charge in [0.25, 0.3) is 0 Å². The molecule has 0 spiro atoms. The minimum atomic E-state index is -0.588. The van der Waals surface area contributed by atoms with E-state index in [0.717, 1.165) is 28.1 Å². The molecule has 1 aliphatic carbocycles. The molecule has 3 aromatic rings. The predicted octanol–water partition coefficient (Wildman–Crippen LogP) is 5.81. The molecule has 0 aromatic heterocycles. The Balaban J connectivity index is 1.52. The number of nitrogens with one attached hydrogen (secondary N) is 1. The number of methoxy groups -OCH3 is 2. The fourth-order valence-corrected chi connectivity index (χ4v) is 5.44. The summed E-state index contributed by atoms with van der Waals surface area (Å²) in [5.74, 6) is 0.396. The Morgan fingerprint density at radius 3 is 2.32 bits per heavy atom. The number of dihydropyridines is 1. The van der Waals surface area contributed by atoms with E-state index >= 15 is 0 Å². The van der Waals surface area contributed by atoms with Crippen LogP contribution >= 0.6 is 0 Å². The van der Waals surface area contributed by atoms with Crippen molar-refractivity contribution in [3.05, 3.63) is 118 Å². The van der Waals surface area contributed by atoms with Gasteiger partial charge in [-0.15, -0.1) is 0 Å². The van der Waals surface area contributed by atoms with Crippen LogP contribution in [-0.4, -0.2) is 26.0 Å². The van der Waals surface area contributed by atoms with Gasteiger partial charge >= 0.3 is 5.97 Å². The largest absolute Gasteiger partial charge is 0.497 e. The summed E-state index contributed by atoms with van der Waals surface area (Å²) in [4.78, 5) is 27.4. The smallest absolute Gasteiger partial charge is 0.337 e. The van der Waals surface area contributed by atoms with Gasteiger partial charge in [-0.2, -0.15) is 0 Å². The lowest BCUT2D eigenvalue weighted by Gasteiger charge is -2.37. The number of esters is 1. The molecular weight excluding hydrogens is 478 g/mol. The van der Waals surface area contributed by atoms with Gasteiger partial charge in [-0.1, -0.05) is 60.7 Å². The monoisotopic (exact) mass is 509 g/mol. The van der Waals surface area contributed by atoms with Gasteiger partial charge in [0.15, 0.2) is 5.78 Å². The molecule has 0 radical (unpaired) electrons. The van der Waals surface area contributed by atoms with E-state index in [-0.39, 0.29) is 18.3 Å². The first-order valence-electron chi connectivity index (χ1n) is 12.7. The van der Waals surface area contributed by atoms with E-state index in [1.165, 1.54) is 0 Å². The Labute approximate surface area is 222 Å². The van der Waals surface area contributed by atoms with Crippen molar-refractivity contribution in [2.75, 3.05) is 14.2 Å². The number of carbonyl (C=O) groups excluding carboxylic acids is 2. The molecule has 1 heterocycles. The van der Waals surface area contributed by atoms with Crippen LogP contribution in [0, 0.1) is 0 Å². The van der Waals surface area contributed by atoms with Gasteiger partial charge < -0.3 is 19.5 Å². The van der Waals surface area contributed by atoms with Gasteiger partial charge in [-0.3, -0.25) is 4.79 Å². The highest BCUT2D eigenvalue weighted by atomic mass is 16.5. The molecule has 1 N–H and O–H groups in total. The number of ether oxygens (including phenoxy) is 3. The summed E-state index contributed by atoms with van der Waals surface area (Å²) >= 11 is 0. The van der Waals surface area contributed by atoms with Gasteiger partial charge in [-0.05, 0) is 48.6 Å². The number of rotatable bonds is 7. The normalized spacial score (nSPS) is 19.0. The quantitative estimate of drug-likeness (QED) is 0.405. The van der Waals surface area contributed by atoms with Crippen molar-refractivity contribution in [2.45, 2.75) is 38.2 Å². The summed E-state index contributed by atoms with van der Waals surface area (Å²) < 4.78 is 16.7. The molecule has 2 aliphatic rings. The molecule has 0 amide bonds. The fraction of sp³-hybridized carbons (Fsp3) is 0.250. The zero-order chi connectivity index (χ0) is 26.6. The first-order valence-corrected chi connectivity index (χ1v) is 12.7. The number of Topliss-reactive ketones (excluding diaryl/α,β-unsaturated/α-hetero) is 1. The Morgan fingerprint density at radius 2 is 1.61 bits per heavy atom. The van der Waals surface area contributed by atoms with E-state index in [1.807, 2.05) is 85.8 Å². The van der Waals surface area contributed by atoms with Crippen molar-refractivity contribution >= 4 is 11.8 Å². The van der Waals surface area contributed by atoms with Crippen LogP contribution in [0.15, 0.2) is 101 Å². The van der Waals surface area contributed by atoms with E-state index in [0.29, 0.717) is 35.4 Å². The van der Waals surface area contributed by atoms with E-state index < -0.39 is 11.9 Å². The SMILES string of the molecule is COc1ccc([C@H]2CC(=O)C3=C(C2)NC(C)=C(C(=O)OCc2ccccc2)[C@H]3c2ccccc2OC)cc1. The molecule has 0 fully saturated rings. The van der Waals surface area contributed by atoms with E-state index in [4.69, 9.17) is 14.2 Å². The topological polar surface area (TPSA) is 73.9 Å². The fourth-order valence-electron chi connectivity index (χ4n) is 5.44. The molecule has 2 atom stereocenters. The standard InChI is InChI=1S/C32H31NO5/c1-20-29(32(35)38-19-21-9-5-4-6-10-21)30(25-11-7-8-12-28(25)37-3)31-26(33-20)17-23(18-27(31)34)22-13-15-24(36-2)16-14-22/h4-16,23,30,33H,17-19H2,1-3H3/t23-,30-/m1/s1. The third-order valence-corrected chi connectivity index (χ3v) is 7.30. The molecule has 0 saturated heterocycles. The molecule has 6 heteroatoms. The maximum absolute atomic E-state index is 13.8. The minimum absolute atomic E-state index is 0.0105. The molecule has 0 bridgehead atoms. The molecule has 5 rings (SSSR count). The van der Waals surface area contributed by atoms with Crippen LogP contribution in [0.3, 0.4) is 0 Å². The molecule has 6 nitrogen and oxygen atoms in total. The van der Waals surface area contributed by atoms with Crippen molar-refractivity contribution in [3.8, 4) is 11.5 Å². The Bertz CT molecular complexity index is 1410. The maximum atomic E-state index is 13.8. The van der Waals surface area contributed by atoms with Crippen LogP contribution in [0.5, 0.6) is 11.5 Å². The van der Waals surface area contributed by atoms with Gasteiger partial charge in [0, 0.05) is 29.0 Å². The zero-order valence-corrected chi connectivity index (χ0v) is 21.8. The van der Waals surface area contributed by atoms with Crippen LogP contribution < -0.4 is 14.8 Å². The summed E-state index contributed by atoms with van der Waals surface area (Å²) in [6.45, 7) is 2.02. The van der Waals surface area contributed by atoms with Crippen molar-refractivity contribution in [3.63, 3.8) is 0 Å². The predicted molar refractivity (Wildman–Crippen MR) is 145 cm³/mol. The molecule has 194 valence electrons. The molecule has 1 aliphatic heterocycles. The first kappa shape index (κ1) is 25.3. The molecule has 3 aromatic carbocycles. The minimum Gasteiger partial charge on any atom is -0.497 e. The summed E-state index contributed by atoms with van der Waals surface area (Å²) in [6, 6.07) is 25.0. The van der Waals surface area contributed by atoms with Crippen molar-refractivity contribution in [1.29, 1.82) is 0 Å². The Kier molecular flexibility index (Phi) is 7.31. The zero-order valence-electron chi connectivity index (χ0n) is 21.8. The number of hydrogen-bond donors (Lipinski definition) is 1. The van der Waals surface area contributed by atoms with Crippen LogP contribution in [0.4, 0.5) is 0 Å². The Morgan fingerprint density at radius 1 is 0.895 bits per heavy atom. The van der Waals surface area contributed by atoms with E-state index in [2.05, 4.69) is 5.32 Å². The average Bonchev–Trinajstić information content (AvgIpc) is 2.95. The number of carbonyl (C=O) groups is 2. The number of allylic oxidation sites excluding steroid dienone is 3. The second kappa shape index (κ2) is 11.0. The number of hydrogen-bond acceptors (Lipinski definition) is 6. The van der Waals surface area contributed by atoms with Crippen LogP contribution in [0.25, 0.3) is 0 Å². The maximum Gasteiger partial charge on any atom is 0.337 e. The summed E-state index contributed by atoms with van der Waals surface area (Å²) in [7, 11) is 3.24. The third-order valence-electron chi connectivity index (χ3n) is 7.30. The molecule has 0 unspecified atom stereocenters. The molecular formula is C32H31NO5. The number of ketones is 1. The second-order valence-electron chi connectivity index (χ2n) is 9.59. The lowest BCUT2D eigenvalue weighted by atomic mass is 9.71. The number of para-hydroxylation sites is 1. The lowest BCUT2D eigenvalue weighted by molar-refractivity contribution is -0.140. The molecule has 38 heavy (non-hydrogen) atoms. The van der Waals surface area contributed by atoms with Crippen molar-refractivity contribution in [2.24, 2.45) is 0 Å². The van der Waals surface area contributed by atoms with E-state index in [9.17, 15) is 9.59 Å². The summed E-state index contributed by atoms with van der Waals surface area (Å²) in [5.41, 5.74) is 5.31. The van der Waals surface area contributed by atoms with Crippen molar-refractivity contribution < 1.29 is 23.8 Å². The highest BCUT2D eigenvalue weighted by Gasteiger charge is 2.42. The van der Waals surface area contributed by atoms with Crippen LogP contribution in [0.2, 0.25) is 0 Å². The first-order chi connectivity index (χ1) is 18.5. The highest BCUT2D eigenvalue weighted by molar-refractivity contribution is 6.04. The Hall–Kier alpha value is -4.32. The van der Waals surface area contributed by atoms with E-state index in [1.54, 1.807) is 14.2 Å². The summed E-state index contributed by atoms with van der Waals surface area (Å²) in [6.07, 6.45) is 1.01. The van der Waals surface area contributed by atoms with Gasteiger partial charge in [-0.25, -0.2) is 4.79 Å². The van der Waals surface area contributed by atoms with Crippen LogP contribution in [0.1, 0.15) is 48.3 Å². The third kappa shape index (κ3) is 4.94. The lowest BCUT2D eigenvalue weighted by Crippen LogP contribution is -2.36. The average molecular weight is 510 g/mol. The van der Waals surface area contributed by atoms with Gasteiger partial charge in [0.1, 0.15) is 18.1 Å². The van der Waals surface area contributed by atoms with Gasteiger partial charge in [0.2, 0.25) is 0 Å². The second-order valence-corrected chi connectivity index (χ2v) is 9.59. The number of benzene rings is 3. The van der Waals surface area contributed by atoms with Gasteiger partial charge in [0.05, 0.1) is 25.7 Å². The van der Waals surface area contributed by atoms with Crippen LogP contribution in [-0.2, 0) is 20.9 Å². The summed E-state index contributed by atoms with van der Waals surface area (Å²) in [5, 5.41) is 3.41. The van der Waals surface area contributed by atoms with Crippen molar-refractivity contribution in [1.82, 2.24) is 5.32 Å².